The highest BCUT2D eigenvalue weighted by Crippen LogP contribution is 2.31. The number of rotatable bonds is 11. The van der Waals surface area contributed by atoms with Crippen LogP contribution in [-0.4, -0.2) is 33.1 Å². The van der Waals surface area contributed by atoms with Gasteiger partial charge in [-0.25, -0.2) is 17.5 Å². The standard InChI is InChI=1S/C19H28FNO5S/c1-14(22)25-11-5-4-10-19(2,3)21-27(23,24)16-8-9-17(20)18(12-16)26-13-15-6-7-15/h8-9,12,15,21H,4-7,10-11,13H2,1-3H3. The molecule has 1 aromatic carbocycles. The molecule has 0 unspecified atom stereocenters. The van der Waals surface area contributed by atoms with Crippen molar-refractivity contribution in [3.8, 4) is 5.75 Å². The first-order valence-corrected chi connectivity index (χ1v) is 10.7. The highest BCUT2D eigenvalue weighted by molar-refractivity contribution is 7.89. The van der Waals surface area contributed by atoms with Crippen molar-refractivity contribution in [2.75, 3.05) is 13.2 Å². The fourth-order valence-corrected chi connectivity index (χ4v) is 4.07. The molecule has 1 aromatic rings. The summed E-state index contributed by atoms with van der Waals surface area (Å²) in [5, 5.41) is 0. The number of hydrogen-bond acceptors (Lipinski definition) is 5. The third-order valence-electron chi connectivity index (χ3n) is 4.30. The molecule has 0 amide bonds. The molecule has 27 heavy (non-hydrogen) atoms. The molecule has 1 fully saturated rings. The zero-order valence-corrected chi connectivity index (χ0v) is 16.9. The average molecular weight is 402 g/mol. The fraction of sp³-hybridized carbons (Fsp3) is 0.632. The number of hydrogen-bond donors (Lipinski definition) is 1. The summed E-state index contributed by atoms with van der Waals surface area (Å²) in [7, 11) is -3.82. The van der Waals surface area contributed by atoms with Gasteiger partial charge >= 0.3 is 5.97 Å². The number of nitrogens with one attached hydrogen (secondary N) is 1. The van der Waals surface area contributed by atoms with Gasteiger partial charge in [-0.1, -0.05) is 0 Å². The molecule has 152 valence electrons. The van der Waals surface area contributed by atoms with E-state index in [0.29, 0.717) is 38.4 Å². The second-order valence-corrected chi connectivity index (χ2v) is 9.32. The van der Waals surface area contributed by atoms with Gasteiger partial charge in [0.25, 0.3) is 0 Å². The number of ether oxygens (including phenoxy) is 2. The normalized spacial score (nSPS) is 14.8. The van der Waals surface area contributed by atoms with E-state index in [4.69, 9.17) is 9.47 Å². The van der Waals surface area contributed by atoms with Crippen LogP contribution >= 0.6 is 0 Å². The molecule has 0 heterocycles. The summed E-state index contributed by atoms with van der Waals surface area (Å²) in [6.45, 7) is 5.64. The monoisotopic (exact) mass is 401 g/mol. The summed E-state index contributed by atoms with van der Waals surface area (Å²) in [5.41, 5.74) is -0.696. The Hall–Kier alpha value is -1.67. The first-order chi connectivity index (χ1) is 12.6. The minimum atomic E-state index is -3.82. The van der Waals surface area contributed by atoms with Crippen LogP contribution in [0, 0.1) is 11.7 Å². The van der Waals surface area contributed by atoms with E-state index in [0.717, 1.165) is 18.9 Å². The Labute approximate surface area is 160 Å². The van der Waals surface area contributed by atoms with Crippen molar-refractivity contribution in [2.45, 2.75) is 63.3 Å². The van der Waals surface area contributed by atoms with Gasteiger partial charge in [-0.05, 0) is 64.0 Å². The van der Waals surface area contributed by atoms with E-state index < -0.39 is 21.4 Å². The lowest BCUT2D eigenvalue weighted by molar-refractivity contribution is -0.141. The smallest absolute Gasteiger partial charge is 0.302 e. The topological polar surface area (TPSA) is 81.7 Å². The summed E-state index contributed by atoms with van der Waals surface area (Å²) in [6.07, 6.45) is 4.04. The number of benzene rings is 1. The van der Waals surface area contributed by atoms with Crippen molar-refractivity contribution in [3.63, 3.8) is 0 Å². The quantitative estimate of drug-likeness (QED) is 0.454. The Morgan fingerprint density at radius 2 is 2.00 bits per heavy atom. The lowest BCUT2D eigenvalue weighted by atomic mass is 9.99. The Balaban J connectivity index is 1.95. The summed E-state index contributed by atoms with van der Waals surface area (Å²) in [4.78, 5) is 10.7. The largest absolute Gasteiger partial charge is 0.490 e. The predicted molar refractivity (Wildman–Crippen MR) is 99.5 cm³/mol. The molecule has 8 heteroatoms. The number of sulfonamides is 1. The van der Waals surface area contributed by atoms with E-state index >= 15 is 0 Å². The number of unbranched alkanes of at least 4 members (excludes halogenated alkanes) is 1. The number of carbonyl (C=O) groups is 1. The van der Waals surface area contributed by atoms with E-state index in [-0.39, 0.29) is 16.6 Å². The van der Waals surface area contributed by atoms with Crippen LogP contribution in [-0.2, 0) is 19.6 Å². The third kappa shape index (κ3) is 7.46. The van der Waals surface area contributed by atoms with Gasteiger partial charge in [-0.2, -0.15) is 0 Å². The second-order valence-electron chi connectivity index (χ2n) is 7.63. The summed E-state index contributed by atoms with van der Waals surface area (Å²) < 4.78 is 52.2. The molecule has 1 saturated carbocycles. The minimum Gasteiger partial charge on any atom is -0.490 e. The van der Waals surface area contributed by atoms with Crippen LogP contribution in [0.1, 0.15) is 52.9 Å². The Bertz CT molecular complexity index is 759. The SMILES string of the molecule is CC(=O)OCCCCC(C)(C)NS(=O)(=O)c1ccc(F)c(OCC2CC2)c1. The van der Waals surface area contributed by atoms with Gasteiger partial charge in [0.15, 0.2) is 11.6 Å². The maximum Gasteiger partial charge on any atom is 0.302 e. The molecule has 0 aliphatic heterocycles. The molecule has 2 rings (SSSR count). The lowest BCUT2D eigenvalue weighted by Gasteiger charge is -2.26. The first-order valence-electron chi connectivity index (χ1n) is 9.19. The average Bonchev–Trinajstić information content (AvgIpc) is 3.36. The van der Waals surface area contributed by atoms with Crippen LogP contribution in [0.4, 0.5) is 4.39 Å². The van der Waals surface area contributed by atoms with Crippen molar-refractivity contribution in [1.29, 1.82) is 0 Å². The van der Waals surface area contributed by atoms with Crippen LogP contribution in [0.15, 0.2) is 23.1 Å². The van der Waals surface area contributed by atoms with Crippen LogP contribution in [0.3, 0.4) is 0 Å². The highest BCUT2D eigenvalue weighted by atomic mass is 32.2. The minimum absolute atomic E-state index is 0.0253. The molecular weight excluding hydrogens is 373 g/mol. The summed E-state index contributed by atoms with van der Waals surface area (Å²) >= 11 is 0. The molecule has 0 spiro atoms. The molecule has 0 saturated heterocycles. The molecule has 0 radical (unpaired) electrons. The Morgan fingerprint density at radius 1 is 1.30 bits per heavy atom. The zero-order chi connectivity index (χ0) is 20.1. The molecule has 1 N–H and O–H groups in total. The molecular formula is C19H28FNO5S. The van der Waals surface area contributed by atoms with Crippen molar-refractivity contribution in [3.05, 3.63) is 24.0 Å². The fourth-order valence-electron chi connectivity index (χ4n) is 2.61. The summed E-state index contributed by atoms with van der Waals surface area (Å²) in [6, 6.07) is 3.58. The van der Waals surface area contributed by atoms with E-state index in [9.17, 15) is 17.6 Å². The van der Waals surface area contributed by atoms with E-state index in [1.54, 1.807) is 13.8 Å². The van der Waals surface area contributed by atoms with Crippen LogP contribution in [0.2, 0.25) is 0 Å². The van der Waals surface area contributed by atoms with Gasteiger partial charge in [-0.15, -0.1) is 0 Å². The first kappa shape index (κ1) is 21.6. The van der Waals surface area contributed by atoms with Gasteiger partial charge in [0.1, 0.15) is 0 Å². The van der Waals surface area contributed by atoms with E-state index in [1.807, 2.05) is 0 Å². The molecule has 0 atom stereocenters. The maximum atomic E-state index is 13.9. The molecule has 0 aromatic heterocycles. The number of carbonyl (C=O) groups excluding carboxylic acids is 1. The predicted octanol–water partition coefficient (Wildman–Crippen LogP) is 3.40. The second kappa shape index (κ2) is 9.01. The molecule has 1 aliphatic rings. The van der Waals surface area contributed by atoms with Gasteiger partial charge in [0.2, 0.25) is 10.0 Å². The van der Waals surface area contributed by atoms with E-state index in [2.05, 4.69) is 4.72 Å². The van der Waals surface area contributed by atoms with Crippen molar-refractivity contribution in [1.82, 2.24) is 4.72 Å². The third-order valence-corrected chi connectivity index (χ3v) is 5.99. The number of halogens is 1. The van der Waals surface area contributed by atoms with Crippen LogP contribution in [0.25, 0.3) is 0 Å². The molecule has 0 bridgehead atoms. The Morgan fingerprint density at radius 3 is 2.63 bits per heavy atom. The van der Waals surface area contributed by atoms with Gasteiger partial charge in [-0.3, -0.25) is 4.79 Å². The van der Waals surface area contributed by atoms with Crippen LogP contribution in [0.5, 0.6) is 5.75 Å². The molecule has 6 nitrogen and oxygen atoms in total. The zero-order valence-electron chi connectivity index (χ0n) is 16.1. The maximum absolute atomic E-state index is 13.9. The van der Waals surface area contributed by atoms with Gasteiger partial charge < -0.3 is 9.47 Å². The van der Waals surface area contributed by atoms with Crippen molar-refractivity contribution >= 4 is 16.0 Å². The summed E-state index contributed by atoms with van der Waals surface area (Å²) in [5.74, 6) is -0.497. The molecule has 1 aliphatic carbocycles. The van der Waals surface area contributed by atoms with Crippen molar-refractivity contribution < 1.29 is 27.1 Å². The Kier molecular flexibility index (Phi) is 7.22. The van der Waals surface area contributed by atoms with Gasteiger partial charge in [0.05, 0.1) is 18.1 Å². The van der Waals surface area contributed by atoms with Crippen LogP contribution < -0.4 is 9.46 Å². The number of esters is 1. The van der Waals surface area contributed by atoms with Gasteiger partial charge in [0, 0.05) is 18.5 Å². The lowest BCUT2D eigenvalue weighted by Crippen LogP contribution is -2.43. The van der Waals surface area contributed by atoms with E-state index in [1.165, 1.54) is 19.1 Å². The van der Waals surface area contributed by atoms with Crippen molar-refractivity contribution in [2.24, 2.45) is 5.92 Å². The highest BCUT2D eigenvalue weighted by Gasteiger charge is 2.27.